The Bertz CT molecular complexity index is 1210. The molecule has 0 amide bonds. The van der Waals surface area contributed by atoms with Gasteiger partial charge < -0.3 is 14.0 Å². The summed E-state index contributed by atoms with van der Waals surface area (Å²) in [4.78, 5) is 12.8. The Kier molecular flexibility index (Phi) is 3.18. The molecule has 0 spiro atoms. The van der Waals surface area contributed by atoms with E-state index in [0.29, 0.717) is 42.2 Å². The Morgan fingerprint density at radius 1 is 1.08 bits per heavy atom. The lowest BCUT2D eigenvalue weighted by molar-refractivity contribution is 0.171. The molecule has 4 aromatic rings. The van der Waals surface area contributed by atoms with E-state index in [4.69, 9.17) is 9.47 Å². The van der Waals surface area contributed by atoms with Crippen LogP contribution in [0.2, 0.25) is 0 Å². The minimum atomic E-state index is -0.208. The predicted molar refractivity (Wildman–Crippen MR) is 93.8 cm³/mol. The third-order valence-corrected chi connectivity index (χ3v) is 4.37. The second-order valence-electron chi connectivity index (χ2n) is 6.22. The average Bonchev–Trinajstić information content (AvgIpc) is 3.04. The van der Waals surface area contributed by atoms with Gasteiger partial charge >= 0.3 is 0 Å². The van der Waals surface area contributed by atoms with Gasteiger partial charge in [-0.3, -0.25) is 4.79 Å². The highest BCUT2D eigenvalue weighted by Gasteiger charge is 2.14. The molecule has 8 nitrogen and oxygen atoms in total. The minimum absolute atomic E-state index is 0.208. The third-order valence-electron chi connectivity index (χ3n) is 4.37. The van der Waals surface area contributed by atoms with E-state index in [0.717, 1.165) is 17.0 Å². The monoisotopic (exact) mass is 349 g/mol. The molecule has 0 atom stereocenters. The van der Waals surface area contributed by atoms with Crippen molar-refractivity contribution in [2.24, 2.45) is 0 Å². The number of hydrogen-bond donors (Lipinski definition) is 0. The number of benzene rings is 1. The first-order valence-corrected chi connectivity index (χ1v) is 8.30. The summed E-state index contributed by atoms with van der Waals surface area (Å²) in [5.41, 5.74) is 3.12. The zero-order chi connectivity index (χ0) is 17.7. The van der Waals surface area contributed by atoms with Crippen molar-refractivity contribution in [3.8, 4) is 11.5 Å². The van der Waals surface area contributed by atoms with Crippen LogP contribution in [0.1, 0.15) is 11.3 Å². The average molecular weight is 349 g/mol. The second kappa shape index (κ2) is 5.55. The van der Waals surface area contributed by atoms with Crippen molar-refractivity contribution in [1.82, 2.24) is 24.4 Å². The number of pyridine rings is 1. The summed E-state index contributed by atoms with van der Waals surface area (Å²) in [6, 6.07) is 9.36. The molecule has 0 radical (unpaired) electrons. The summed E-state index contributed by atoms with van der Waals surface area (Å²) < 4.78 is 14.4. The van der Waals surface area contributed by atoms with Gasteiger partial charge in [-0.2, -0.15) is 5.10 Å². The van der Waals surface area contributed by atoms with E-state index in [1.807, 2.05) is 37.3 Å². The molecule has 1 aliphatic heterocycles. The largest absolute Gasteiger partial charge is 0.486 e. The van der Waals surface area contributed by atoms with Crippen LogP contribution in [0, 0.1) is 6.92 Å². The van der Waals surface area contributed by atoms with Gasteiger partial charge in [0, 0.05) is 12.3 Å². The van der Waals surface area contributed by atoms with Gasteiger partial charge in [0.15, 0.2) is 22.7 Å². The first-order chi connectivity index (χ1) is 12.7. The molecule has 0 aliphatic carbocycles. The van der Waals surface area contributed by atoms with Crippen molar-refractivity contribution in [2.75, 3.05) is 13.2 Å². The van der Waals surface area contributed by atoms with Gasteiger partial charge in [0.1, 0.15) is 18.7 Å². The van der Waals surface area contributed by atoms with E-state index in [1.165, 1.54) is 0 Å². The summed E-state index contributed by atoms with van der Waals surface area (Å²) in [7, 11) is 0. The van der Waals surface area contributed by atoms with E-state index in [-0.39, 0.29) is 5.56 Å². The highest BCUT2D eigenvalue weighted by Crippen LogP contribution is 2.30. The molecule has 26 heavy (non-hydrogen) atoms. The van der Waals surface area contributed by atoms with Crippen molar-refractivity contribution in [2.45, 2.75) is 13.5 Å². The number of hydrogen-bond acceptors (Lipinski definition) is 6. The quantitative estimate of drug-likeness (QED) is 0.546. The molecule has 0 fully saturated rings. The fourth-order valence-electron chi connectivity index (χ4n) is 3.16. The van der Waals surface area contributed by atoms with Crippen LogP contribution >= 0.6 is 0 Å². The number of nitrogens with zero attached hydrogens (tertiary/aromatic N) is 5. The lowest BCUT2D eigenvalue weighted by Crippen LogP contribution is -2.22. The summed E-state index contributed by atoms with van der Waals surface area (Å²) >= 11 is 0. The molecule has 0 bridgehead atoms. The highest BCUT2D eigenvalue weighted by molar-refractivity contribution is 5.75. The molecule has 0 unspecified atom stereocenters. The summed E-state index contributed by atoms with van der Waals surface area (Å²) in [5, 5.41) is 12.6. The van der Waals surface area contributed by atoms with Crippen LogP contribution in [0.5, 0.6) is 11.5 Å². The minimum Gasteiger partial charge on any atom is -0.486 e. The van der Waals surface area contributed by atoms with Gasteiger partial charge in [0.2, 0.25) is 0 Å². The van der Waals surface area contributed by atoms with Gasteiger partial charge in [-0.1, -0.05) is 6.07 Å². The number of rotatable bonds is 2. The highest BCUT2D eigenvalue weighted by atomic mass is 16.6. The lowest BCUT2D eigenvalue weighted by atomic mass is 10.2. The number of ether oxygens (including phenoxy) is 2. The Morgan fingerprint density at radius 2 is 1.92 bits per heavy atom. The first-order valence-electron chi connectivity index (χ1n) is 8.30. The van der Waals surface area contributed by atoms with Gasteiger partial charge in [0.05, 0.1) is 12.2 Å². The predicted octanol–water partition coefficient (Wildman–Crippen LogP) is 1.57. The van der Waals surface area contributed by atoms with Crippen molar-refractivity contribution >= 4 is 16.7 Å². The maximum Gasteiger partial charge on any atom is 0.280 e. The van der Waals surface area contributed by atoms with Gasteiger partial charge in [-0.25, -0.2) is 4.52 Å². The Balaban J connectivity index is 1.58. The summed E-state index contributed by atoms with van der Waals surface area (Å²) in [6.45, 7) is 3.37. The molecule has 0 saturated carbocycles. The van der Waals surface area contributed by atoms with Crippen LogP contribution in [0.15, 0.2) is 41.3 Å². The van der Waals surface area contributed by atoms with Crippen LogP contribution < -0.4 is 15.0 Å². The molecule has 5 rings (SSSR count). The SMILES string of the molecule is Cc1cc2nnc3c(=O)n(Cc4ccc5c(c4)OCCO5)ccc3n2n1. The fraction of sp³-hybridized carbons (Fsp3) is 0.222. The van der Waals surface area contributed by atoms with E-state index in [9.17, 15) is 4.79 Å². The standard InChI is InChI=1S/C18H15N5O3/c1-11-8-16-19-20-17-13(23(16)21-11)4-5-22(18(17)24)10-12-2-3-14-15(9-12)26-7-6-25-14/h2-5,8-9H,6-7,10H2,1H3. The summed E-state index contributed by atoms with van der Waals surface area (Å²) in [6.07, 6.45) is 1.75. The summed E-state index contributed by atoms with van der Waals surface area (Å²) in [5.74, 6) is 1.43. The smallest absolute Gasteiger partial charge is 0.280 e. The third kappa shape index (κ3) is 2.30. The van der Waals surface area contributed by atoms with Crippen LogP contribution in [-0.4, -0.2) is 37.6 Å². The van der Waals surface area contributed by atoms with Gasteiger partial charge in [0.25, 0.3) is 5.56 Å². The fourth-order valence-corrected chi connectivity index (χ4v) is 3.16. The topological polar surface area (TPSA) is 83.5 Å². The van der Waals surface area contributed by atoms with Crippen molar-refractivity contribution in [1.29, 1.82) is 0 Å². The van der Waals surface area contributed by atoms with Crippen molar-refractivity contribution < 1.29 is 9.47 Å². The van der Waals surface area contributed by atoms with Gasteiger partial charge in [-0.15, -0.1) is 10.2 Å². The normalized spacial score (nSPS) is 13.4. The first kappa shape index (κ1) is 14.9. The molecule has 130 valence electrons. The maximum absolute atomic E-state index is 12.8. The molecule has 1 aliphatic rings. The Morgan fingerprint density at radius 3 is 2.81 bits per heavy atom. The molecule has 0 N–H and O–H groups in total. The van der Waals surface area contributed by atoms with Gasteiger partial charge in [-0.05, 0) is 30.7 Å². The van der Waals surface area contributed by atoms with Crippen LogP contribution in [-0.2, 0) is 6.54 Å². The van der Waals surface area contributed by atoms with Crippen molar-refractivity contribution in [3.05, 3.63) is 58.1 Å². The van der Waals surface area contributed by atoms with E-state index in [2.05, 4.69) is 15.3 Å². The lowest BCUT2D eigenvalue weighted by Gasteiger charge is -2.19. The van der Waals surface area contributed by atoms with E-state index in [1.54, 1.807) is 15.3 Å². The van der Waals surface area contributed by atoms with E-state index < -0.39 is 0 Å². The molecule has 0 saturated heterocycles. The second-order valence-corrected chi connectivity index (χ2v) is 6.22. The Hall–Kier alpha value is -3.42. The molecule has 4 heterocycles. The molecular weight excluding hydrogens is 334 g/mol. The zero-order valence-electron chi connectivity index (χ0n) is 14.0. The van der Waals surface area contributed by atoms with Crippen LogP contribution in [0.25, 0.3) is 16.7 Å². The molecule has 1 aromatic carbocycles. The number of fused-ring (bicyclic) bond motifs is 4. The van der Waals surface area contributed by atoms with Crippen molar-refractivity contribution in [3.63, 3.8) is 0 Å². The molecular formula is C18H15N5O3. The number of aromatic nitrogens is 5. The van der Waals surface area contributed by atoms with E-state index >= 15 is 0 Å². The van der Waals surface area contributed by atoms with Crippen LogP contribution in [0.3, 0.4) is 0 Å². The maximum atomic E-state index is 12.8. The Labute approximate surface area is 147 Å². The van der Waals surface area contributed by atoms with Crippen LogP contribution in [0.4, 0.5) is 0 Å². The number of aryl methyl sites for hydroxylation is 1. The zero-order valence-corrected chi connectivity index (χ0v) is 14.0. The molecule has 3 aromatic heterocycles. The molecule has 8 heteroatoms.